The molecule has 0 aliphatic carbocycles. The fourth-order valence-electron chi connectivity index (χ4n) is 2.07. The number of nitrogens with zero attached hydrogens (tertiary/aromatic N) is 4. The number of hydrogen-bond donors (Lipinski definition) is 0. The van der Waals surface area contributed by atoms with Crippen LogP contribution in [-0.2, 0) is 6.61 Å². The van der Waals surface area contributed by atoms with Gasteiger partial charge in [-0.05, 0) is 35.9 Å². The highest BCUT2D eigenvalue weighted by atomic mass is 35.5. The lowest BCUT2D eigenvalue weighted by atomic mass is 10.2. The van der Waals surface area contributed by atoms with Crippen molar-refractivity contribution in [2.24, 2.45) is 5.10 Å². The minimum atomic E-state index is 0.306. The minimum Gasteiger partial charge on any atom is -0.493 e. The van der Waals surface area contributed by atoms with Crippen LogP contribution in [0, 0.1) is 0 Å². The van der Waals surface area contributed by atoms with Gasteiger partial charge in [-0.2, -0.15) is 5.10 Å². The summed E-state index contributed by atoms with van der Waals surface area (Å²) in [7, 11) is 1.58. The van der Waals surface area contributed by atoms with Crippen molar-refractivity contribution in [3.05, 3.63) is 70.2 Å². The molecule has 2 aromatic carbocycles. The van der Waals surface area contributed by atoms with Crippen LogP contribution in [0.5, 0.6) is 11.5 Å². The van der Waals surface area contributed by atoms with Gasteiger partial charge in [0.15, 0.2) is 11.5 Å². The first-order chi connectivity index (χ1) is 12.2. The summed E-state index contributed by atoms with van der Waals surface area (Å²) in [6.45, 7) is 0.306. The molecule has 3 aromatic rings. The first-order valence-electron chi connectivity index (χ1n) is 7.29. The third-order valence-electron chi connectivity index (χ3n) is 3.33. The number of methoxy groups -OCH3 is 1. The van der Waals surface area contributed by atoms with Crippen LogP contribution in [0.2, 0.25) is 10.0 Å². The second kappa shape index (κ2) is 8.00. The summed E-state index contributed by atoms with van der Waals surface area (Å²) < 4.78 is 12.7. The zero-order chi connectivity index (χ0) is 17.6. The number of ether oxygens (including phenoxy) is 2. The van der Waals surface area contributed by atoms with Crippen molar-refractivity contribution in [3.63, 3.8) is 0 Å². The van der Waals surface area contributed by atoms with Gasteiger partial charge in [-0.15, -0.1) is 10.2 Å². The van der Waals surface area contributed by atoms with E-state index in [1.165, 1.54) is 17.3 Å². The highest BCUT2D eigenvalue weighted by Gasteiger charge is 2.08. The molecule has 1 aromatic heterocycles. The van der Waals surface area contributed by atoms with Gasteiger partial charge >= 0.3 is 0 Å². The van der Waals surface area contributed by atoms with E-state index < -0.39 is 0 Å². The zero-order valence-corrected chi connectivity index (χ0v) is 14.8. The highest BCUT2D eigenvalue weighted by Crippen LogP contribution is 2.29. The maximum atomic E-state index is 6.16. The third-order valence-corrected chi connectivity index (χ3v) is 3.92. The lowest BCUT2D eigenvalue weighted by Crippen LogP contribution is -1.99. The number of aromatic nitrogens is 3. The van der Waals surface area contributed by atoms with Gasteiger partial charge in [0, 0.05) is 15.6 Å². The molecule has 0 bridgehead atoms. The fraction of sp³-hybridized carbons (Fsp3) is 0.118. The van der Waals surface area contributed by atoms with Crippen LogP contribution in [0.15, 0.2) is 54.2 Å². The molecule has 6 nitrogen and oxygen atoms in total. The average Bonchev–Trinajstić information content (AvgIpc) is 3.13. The topological polar surface area (TPSA) is 61.5 Å². The zero-order valence-electron chi connectivity index (χ0n) is 13.3. The summed E-state index contributed by atoms with van der Waals surface area (Å²) in [6, 6.07) is 10.8. The van der Waals surface area contributed by atoms with Gasteiger partial charge < -0.3 is 9.47 Å². The molecule has 0 amide bonds. The normalized spacial score (nSPS) is 11.0. The SMILES string of the molecule is COc1cc(C=Nn2cnnc2)ccc1OCc1ccc(Cl)cc1Cl. The van der Waals surface area contributed by atoms with Gasteiger partial charge in [0.1, 0.15) is 19.3 Å². The average molecular weight is 377 g/mol. The Morgan fingerprint density at radius 2 is 1.88 bits per heavy atom. The summed E-state index contributed by atoms with van der Waals surface area (Å²) in [5, 5.41) is 12.7. The van der Waals surface area contributed by atoms with Crippen molar-refractivity contribution >= 4 is 29.4 Å². The Labute approximate surface area is 154 Å². The smallest absolute Gasteiger partial charge is 0.161 e. The molecular weight excluding hydrogens is 363 g/mol. The highest BCUT2D eigenvalue weighted by molar-refractivity contribution is 6.35. The quantitative estimate of drug-likeness (QED) is 0.608. The van der Waals surface area contributed by atoms with E-state index >= 15 is 0 Å². The van der Waals surface area contributed by atoms with Crippen molar-refractivity contribution in [2.45, 2.75) is 6.61 Å². The summed E-state index contributed by atoms with van der Waals surface area (Å²) in [5.41, 5.74) is 1.69. The van der Waals surface area contributed by atoms with Gasteiger partial charge in [0.05, 0.1) is 13.3 Å². The largest absolute Gasteiger partial charge is 0.493 e. The van der Waals surface area contributed by atoms with Gasteiger partial charge in [-0.3, -0.25) is 0 Å². The van der Waals surface area contributed by atoms with Crippen LogP contribution in [0.25, 0.3) is 0 Å². The molecular formula is C17H14Cl2N4O2. The molecule has 0 N–H and O–H groups in total. The molecule has 0 aliphatic rings. The van der Waals surface area contributed by atoms with Crippen LogP contribution >= 0.6 is 23.2 Å². The van der Waals surface area contributed by atoms with Crippen molar-refractivity contribution in [1.82, 2.24) is 14.9 Å². The number of hydrogen-bond acceptors (Lipinski definition) is 5. The second-order valence-electron chi connectivity index (χ2n) is 5.02. The maximum absolute atomic E-state index is 6.16. The molecule has 0 spiro atoms. The molecule has 0 aliphatic heterocycles. The monoisotopic (exact) mass is 376 g/mol. The Morgan fingerprint density at radius 3 is 2.60 bits per heavy atom. The van der Waals surface area contributed by atoms with E-state index in [0.717, 1.165) is 11.1 Å². The van der Waals surface area contributed by atoms with E-state index in [1.807, 2.05) is 24.3 Å². The lowest BCUT2D eigenvalue weighted by Gasteiger charge is -2.12. The lowest BCUT2D eigenvalue weighted by molar-refractivity contribution is 0.284. The van der Waals surface area contributed by atoms with Crippen LogP contribution in [-0.4, -0.2) is 28.2 Å². The Morgan fingerprint density at radius 1 is 1.08 bits per heavy atom. The molecule has 1 heterocycles. The molecule has 3 rings (SSSR count). The van der Waals surface area contributed by atoms with Gasteiger partial charge in [-0.1, -0.05) is 29.3 Å². The van der Waals surface area contributed by atoms with Crippen LogP contribution < -0.4 is 9.47 Å². The first kappa shape index (κ1) is 17.3. The Kier molecular flexibility index (Phi) is 5.53. The van der Waals surface area contributed by atoms with Crippen molar-refractivity contribution in [3.8, 4) is 11.5 Å². The molecule has 25 heavy (non-hydrogen) atoms. The fourth-order valence-corrected chi connectivity index (χ4v) is 2.53. The molecule has 128 valence electrons. The third kappa shape index (κ3) is 4.49. The van der Waals surface area contributed by atoms with Crippen LogP contribution in [0.3, 0.4) is 0 Å². The van der Waals surface area contributed by atoms with Crippen LogP contribution in [0.1, 0.15) is 11.1 Å². The second-order valence-corrected chi connectivity index (χ2v) is 5.86. The first-order valence-corrected chi connectivity index (χ1v) is 8.05. The van der Waals surface area contributed by atoms with Crippen molar-refractivity contribution in [2.75, 3.05) is 7.11 Å². The van der Waals surface area contributed by atoms with E-state index in [-0.39, 0.29) is 0 Å². The van der Waals surface area contributed by atoms with Gasteiger partial charge in [0.2, 0.25) is 0 Å². The number of halogens is 2. The Hall–Kier alpha value is -2.57. The summed E-state index contributed by atoms with van der Waals surface area (Å²) in [6.07, 6.45) is 4.67. The number of rotatable bonds is 6. The van der Waals surface area contributed by atoms with Gasteiger partial charge in [-0.25, -0.2) is 4.68 Å². The van der Waals surface area contributed by atoms with E-state index in [0.29, 0.717) is 28.2 Å². The maximum Gasteiger partial charge on any atom is 0.161 e. The van der Waals surface area contributed by atoms with E-state index in [4.69, 9.17) is 32.7 Å². The van der Waals surface area contributed by atoms with Gasteiger partial charge in [0.25, 0.3) is 0 Å². The summed E-state index contributed by atoms with van der Waals surface area (Å²) in [4.78, 5) is 0. The number of benzene rings is 2. The van der Waals surface area contributed by atoms with E-state index in [9.17, 15) is 0 Å². The standard InChI is InChI=1S/C17H14Cl2N4O2/c1-24-17-6-12(8-22-23-10-20-21-11-23)2-5-16(17)25-9-13-3-4-14(18)7-15(13)19/h2-8,10-11H,9H2,1H3. The predicted octanol–water partition coefficient (Wildman–Crippen LogP) is 4.05. The molecule has 0 fully saturated rings. The Balaban J connectivity index is 1.73. The Bertz CT molecular complexity index is 882. The van der Waals surface area contributed by atoms with E-state index in [2.05, 4.69) is 15.3 Å². The molecule has 0 saturated heterocycles. The minimum absolute atomic E-state index is 0.306. The summed E-state index contributed by atoms with van der Waals surface area (Å²) >= 11 is 12.1. The van der Waals surface area contributed by atoms with Crippen molar-refractivity contribution in [1.29, 1.82) is 0 Å². The molecule has 0 saturated carbocycles. The van der Waals surface area contributed by atoms with Crippen LogP contribution in [0.4, 0.5) is 0 Å². The molecule has 8 heteroatoms. The summed E-state index contributed by atoms with van der Waals surface area (Å²) in [5.74, 6) is 1.20. The van der Waals surface area contributed by atoms with E-state index in [1.54, 1.807) is 25.5 Å². The van der Waals surface area contributed by atoms with Crippen molar-refractivity contribution < 1.29 is 9.47 Å². The molecule has 0 atom stereocenters. The predicted molar refractivity (Wildman–Crippen MR) is 96.8 cm³/mol. The molecule has 0 unspecified atom stereocenters. The molecule has 0 radical (unpaired) electrons.